The number of methoxy groups -OCH3 is 1. The normalized spacial score (nSPS) is 11.2. The Labute approximate surface area is 130 Å². The predicted molar refractivity (Wildman–Crippen MR) is 83.1 cm³/mol. The van der Waals surface area contributed by atoms with Gasteiger partial charge in [-0.3, -0.25) is 9.10 Å². The fourth-order valence-electron chi connectivity index (χ4n) is 1.70. The molecule has 0 aromatic heterocycles. The van der Waals surface area contributed by atoms with Crippen molar-refractivity contribution >= 4 is 33.2 Å². The lowest BCUT2D eigenvalue weighted by molar-refractivity contribution is -0.121. The molecule has 1 aromatic rings. The number of nitrogens with one attached hydrogen (secondary N) is 1. The first-order chi connectivity index (χ1) is 9.84. The average Bonchev–Trinajstić information content (AvgIpc) is 2.37. The quantitative estimate of drug-likeness (QED) is 0.726. The highest BCUT2D eigenvalue weighted by atomic mass is 35.5. The van der Waals surface area contributed by atoms with E-state index >= 15 is 0 Å². The summed E-state index contributed by atoms with van der Waals surface area (Å²) < 4.78 is 29.7. The van der Waals surface area contributed by atoms with E-state index in [1.54, 1.807) is 24.3 Å². The zero-order chi connectivity index (χ0) is 15.9. The third-order valence-electron chi connectivity index (χ3n) is 2.67. The molecular weight excluding hydrogens is 316 g/mol. The third-order valence-corrected chi connectivity index (χ3v) is 4.10. The number of carbonyl (C=O) groups excluding carboxylic acids is 1. The Balaban J connectivity index is 2.71. The van der Waals surface area contributed by atoms with Gasteiger partial charge in [0, 0.05) is 31.6 Å². The Bertz CT molecular complexity index is 577. The Morgan fingerprint density at radius 3 is 2.71 bits per heavy atom. The maximum atomic E-state index is 11.8. The third kappa shape index (κ3) is 6.33. The SMILES string of the molecule is COCCNC(=O)CCN(c1cccc(Cl)c1)S(C)(=O)=O. The molecular formula is C13H19ClN2O4S. The Hall–Kier alpha value is -1.31. The van der Waals surface area contributed by atoms with E-state index < -0.39 is 10.0 Å². The molecule has 0 saturated heterocycles. The van der Waals surface area contributed by atoms with Crippen molar-refractivity contribution in [1.82, 2.24) is 5.32 Å². The zero-order valence-electron chi connectivity index (χ0n) is 12.0. The highest BCUT2D eigenvalue weighted by molar-refractivity contribution is 7.92. The lowest BCUT2D eigenvalue weighted by Crippen LogP contribution is -2.35. The first-order valence-electron chi connectivity index (χ1n) is 6.33. The van der Waals surface area contributed by atoms with Crippen LogP contribution in [0.5, 0.6) is 0 Å². The van der Waals surface area contributed by atoms with Crippen LogP contribution < -0.4 is 9.62 Å². The van der Waals surface area contributed by atoms with Crippen molar-refractivity contribution in [2.24, 2.45) is 0 Å². The molecule has 1 rings (SSSR count). The van der Waals surface area contributed by atoms with Gasteiger partial charge in [0.1, 0.15) is 0 Å². The van der Waals surface area contributed by atoms with Crippen LogP contribution in [0.1, 0.15) is 6.42 Å². The number of nitrogens with zero attached hydrogens (tertiary/aromatic N) is 1. The molecule has 21 heavy (non-hydrogen) atoms. The fraction of sp³-hybridized carbons (Fsp3) is 0.462. The van der Waals surface area contributed by atoms with E-state index in [9.17, 15) is 13.2 Å². The standard InChI is InChI=1S/C13H19ClN2O4S/c1-20-9-7-15-13(17)6-8-16(21(2,18)19)12-5-3-4-11(14)10-12/h3-5,10H,6-9H2,1-2H3,(H,15,17). The van der Waals surface area contributed by atoms with Crippen LogP contribution in [0.2, 0.25) is 5.02 Å². The molecule has 1 N–H and O–H groups in total. The van der Waals surface area contributed by atoms with Gasteiger partial charge in [-0.1, -0.05) is 17.7 Å². The van der Waals surface area contributed by atoms with Gasteiger partial charge in [-0.05, 0) is 18.2 Å². The van der Waals surface area contributed by atoms with Crippen LogP contribution in [0.4, 0.5) is 5.69 Å². The fourth-order valence-corrected chi connectivity index (χ4v) is 2.81. The molecule has 0 saturated carbocycles. The lowest BCUT2D eigenvalue weighted by atomic mass is 10.3. The van der Waals surface area contributed by atoms with Crippen LogP contribution in [-0.4, -0.2) is 47.4 Å². The first-order valence-corrected chi connectivity index (χ1v) is 8.56. The number of sulfonamides is 1. The molecule has 1 amide bonds. The lowest BCUT2D eigenvalue weighted by Gasteiger charge is -2.22. The summed E-state index contributed by atoms with van der Waals surface area (Å²) in [6, 6.07) is 6.50. The number of hydrogen-bond donors (Lipinski definition) is 1. The van der Waals surface area contributed by atoms with Gasteiger partial charge < -0.3 is 10.1 Å². The predicted octanol–water partition coefficient (Wildman–Crippen LogP) is 1.26. The summed E-state index contributed by atoms with van der Waals surface area (Å²) >= 11 is 5.87. The van der Waals surface area contributed by atoms with E-state index in [1.165, 1.54) is 7.11 Å². The summed E-state index contributed by atoms with van der Waals surface area (Å²) in [6.45, 7) is 0.860. The average molecular weight is 335 g/mol. The van der Waals surface area contributed by atoms with Gasteiger partial charge in [-0.25, -0.2) is 8.42 Å². The van der Waals surface area contributed by atoms with E-state index in [4.69, 9.17) is 16.3 Å². The maximum Gasteiger partial charge on any atom is 0.232 e. The minimum Gasteiger partial charge on any atom is -0.383 e. The summed E-state index contributed by atoms with van der Waals surface area (Å²) in [5, 5.41) is 3.08. The molecule has 8 heteroatoms. The molecule has 0 radical (unpaired) electrons. The van der Waals surface area contributed by atoms with Crippen LogP contribution in [0.3, 0.4) is 0 Å². The minimum atomic E-state index is -3.49. The topological polar surface area (TPSA) is 75.7 Å². The van der Waals surface area contributed by atoms with Crippen molar-refractivity contribution in [3.63, 3.8) is 0 Å². The summed E-state index contributed by atoms with van der Waals surface area (Å²) in [5.74, 6) is -0.234. The van der Waals surface area contributed by atoms with Gasteiger partial charge in [-0.15, -0.1) is 0 Å². The second kappa shape index (κ2) is 8.21. The van der Waals surface area contributed by atoms with Gasteiger partial charge in [-0.2, -0.15) is 0 Å². The number of ether oxygens (including phenoxy) is 1. The van der Waals surface area contributed by atoms with E-state index in [2.05, 4.69) is 5.32 Å². The van der Waals surface area contributed by atoms with Gasteiger partial charge >= 0.3 is 0 Å². The van der Waals surface area contributed by atoms with Crippen molar-refractivity contribution in [3.05, 3.63) is 29.3 Å². The van der Waals surface area contributed by atoms with Gasteiger partial charge in [0.05, 0.1) is 18.6 Å². The maximum absolute atomic E-state index is 11.8. The number of rotatable bonds is 8. The molecule has 1 aromatic carbocycles. The molecule has 0 aliphatic carbocycles. The summed E-state index contributed by atoms with van der Waals surface area (Å²) in [7, 11) is -1.95. The number of carbonyl (C=O) groups is 1. The number of hydrogen-bond acceptors (Lipinski definition) is 4. The van der Waals surface area contributed by atoms with Crippen molar-refractivity contribution in [1.29, 1.82) is 0 Å². The Morgan fingerprint density at radius 1 is 1.43 bits per heavy atom. The second-order valence-corrected chi connectivity index (χ2v) is 6.75. The molecule has 118 valence electrons. The molecule has 0 aliphatic heterocycles. The monoisotopic (exact) mass is 334 g/mol. The molecule has 0 heterocycles. The molecule has 0 spiro atoms. The van der Waals surface area contributed by atoms with Crippen LogP contribution in [0, 0.1) is 0 Å². The molecule has 0 aliphatic rings. The van der Waals surface area contributed by atoms with E-state index in [0.717, 1.165) is 10.6 Å². The highest BCUT2D eigenvalue weighted by Crippen LogP contribution is 2.21. The van der Waals surface area contributed by atoms with Crippen LogP contribution in [0.15, 0.2) is 24.3 Å². The van der Waals surface area contributed by atoms with Crippen LogP contribution in [0.25, 0.3) is 0 Å². The summed E-state index contributed by atoms with van der Waals surface area (Å²) in [5.41, 5.74) is 0.440. The van der Waals surface area contributed by atoms with Gasteiger partial charge in [0.2, 0.25) is 15.9 Å². The highest BCUT2D eigenvalue weighted by Gasteiger charge is 2.18. The van der Waals surface area contributed by atoms with Crippen molar-refractivity contribution < 1.29 is 17.9 Å². The molecule has 0 fully saturated rings. The smallest absolute Gasteiger partial charge is 0.232 e. The van der Waals surface area contributed by atoms with Crippen molar-refractivity contribution in [2.75, 3.05) is 37.4 Å². The van der Waals surface area contributed by atoms with Gasteiger partial charge in [0.25, 0.3) is 0 Å². The molecule has 0 atom stereocenters. The van der Waals surface area contributed by atoms with Crippen molar-refractivity contribution in [2.45, 2.75) is 6.42 Å². The van der Waals surface area contributed by atoms with Gasteiger partial charge in [0.15, 0.2) is 0 Å². The summed E-state index contributed by atoms with van der Waals surface area (Å²) in [4.78, 5) is 11.6. The van der Waals surface area contributed by atoms with E-state index in [0.29, 0.717) is 23.9 Å². The van der Waals surface area contributed by atoms with Crippen LogP contribution in [-0.2, 0) is 19.6 Å². The molecule has 6 nitrogen and oxygen atoms in total. The summed E-state index contributed by atoms with van der Waals surface area (Å²) in [6.07, 6.45) is 1.15. The largest absolute Gasteiger partial charge is 0.383 e. The zero-order valence-corrected chi connectivity index (χ0v) is 13.6. The number of anilines is 1. The number of amides is 1. The Morgan fingerprint density at radius 2 is 2.14 bits per heavy atom. The number of halogens is 1. The number of benzene rings is 1. The van der Waals surface area contributed by atoms with E-state index in [1.807, 2.05) is 0 Å². The second-order valence-electron chi connectivity index (χ2n) is 4.41. The molecule has 0 unspecified atom stereocenters. The van der Waals surface area contributed by atoms with E-state index in [-0.39, 0.29) is 18.9 Å². The van der Waals surface area contributed by atoms with Crippen LogP contribution >= 0.6 is 11.6 Å². The van der Waals surface area contributed by atoms with Crippen molar-refractivity contribution in [3.8, 4) is 0 Å². The first kappa shape index (κ1) is 17.7. The Kier molecular flexibility index (Phi) is 6.94. The molecule has 0 bridgehead atoms. The minimum absolute atomic E-state index is 0.0536.